The highest BCUT2D eigenvalue weighted by Gasteiger charge is 2.12. The third-order valence-corrected chi connectivity index (χ3v) is 4.29. The quantitative estimate of drug-likeness (QED) is 0.520. The molecule has 0 aliphatic carbocycles. The van der Waals surface area contributed by atoms with E-state index in [1.54, 1.807) is 17.4 Å². The minimum absolute atomic E-state index is 0.00382. The van der Waals surface area contributed by atoms with E-state index in [0.29, 0.717) is 11.5 Å². The Balaban J connectivity index is 1.38. The molecule has 4 aromatic rings. The molecule has 0 saturated carbocycles. The fourth-order valence-corrected chi connectivity index (χ4v) is 2.94. The van der Waals surface area contributed by atoms with Crippen molar-refractivity contribution in [1.82, 2.24) is 20.2 Å². The molecule has 0 bridgehead atoms. The third-order valence-electron chi connectivity index (χ3n) is 3.40. The van der Waals surface area contributed by atoms with E-state index in [9.17, 15) is 4.79 Å². The van der Waals surface area contributed by atoms with Crippen molar-refractivity contribution in [3.63, 3.8) is 0 Å². The first-order valence-corrected chi connectivity index (χ1v) is 8.11. The Bertz CT molecular complexity index is 974. The van der Waals surface area contributed by atoms with Crippen LogP contribution in [-0.4, -0.2) is 26.1 Å². The fraction of sp³-hybridized carbons (Fsp3) is 0.125. The van der Waals surface area contributed by atoms with E-state index in [1.807, 2.05) is 41.8 Å². The van der Waals surface area contributed by atoms with Crippen LogP contribution < -0.4 is 0 Å². The Kier molecular flexibility index (Phi) is 3.80. The second-order valence-corrected chi connectivity index (χ2v) is 6.00. The van der Waals surface area contributed by atoms with E-state index in [-0.39, 0.29) is 13.2 Å². The van der Waals surface area contributed by atoms with Gasteiger partial charge in [-0.15, -0.1) is 16.4 Å². The largest absolute Gasteiger partial charge is 0.458 e. The number of fused-ring (bicyclic) bond motifs is 1. The summed E-state index contributed by atoms with van der Waals surface area (Å²) >= 11 is 1.56. The molecule has 0 fully saturated rings. The molecule has 0 spiro atoms. The number of thiophene rings is 1. The van der Waals surface area contributed by atoms with Crippen molar-refractivity contribution in [2.45, 2.75) is 13.2 Å². The molecule has 7 nitrogen and oxygen atoms in total. The molecule has 0 radical (unpaired) electrons. The van der Waals surface area contributed by atoms with Gasteiger partial charge in [0.1, 0.15) is 24.4 Å². The summed E-state index contributed by atoms with van der Waals surface area (Å²) in [6.07, 6.45) is 0. The third kappa shape index (κ3) is 2.91. The lowest BCUT2D eigenvalue weighted by atomic mass is 10.3. The van der Waals surface area contributed by atoms with Crippen LogP contribution in [0.15, 0.2) is 52.4 Å². The average Bonchev–Trinajstić information content (AvgIpc) is 3.34. The van der Waals surface area contributed by atoms with Crippen molar-refractivity contribution in [3.05, 3.63) is 53.5 Å². The maximum atomic E-state index is 12.0. The first kappa shape index (κ1) is 14.6. The highest BCUT2D eigenvalue weighted by molar-refractivity contribution is 7.13. The number of esters is 1. The molecule has 0 aliphatic heterocycles. The van der Waals surface area contributed by atoms with E-state index in [0.717, 1.165) is 15.9 Å². The van der Waals surface area contributed by atoms with Gasteiger partial charge < -0.3 is 9.26 Å². The van der Waals surface area contributed by atoms with Gasteiger partial charge in [-0.25, -0.2) is 4.68 Å². The van der Waals surface area contributed by atoms with Crippen LogP contribution >= 0.6 is 11.3 Å². The second-order valence-electron chi connectivity index (χ2n) is 5.06. The number of rotatable bonds is 5. The zero-order valence-corrected chi connectivity index (χ0v) is 13.3. The minimum atomic E-state index is -0.411. The molecule has 3 heterocycles. The minimum Gasteiger partial charge on any atom is -0.458 e. The number of nitrogens with zero attached hydrogens (tertiary/aromatic N) is 4. The molecule has 0 unspecified atom stereocenters. The van der Waals surface area contributed by atoms with Gasteiger partial charge in [0.2, 0.25) is 0 Å². The maximum absolute atomic E-state index is 12.0. The SMILES string of the molecule is O=C(Cn1nnc2ccccc21)OCc1cc(-c2cccs2)on1. The molecule has 0 atom stereocenters. The molecule has 8 heteroatoms. The summed E-state index contributed by atoms with van der Waals surface area (Å²) in [6.45, 7) is 0.0521. The lowest BCUT2D eigenvalue weighted by molar-refractivity contribution is -0.146. The Labute approximate surface area is 140 Å². The first-order chi connectivity index (χ1) is 11.8. The topological polar surface area (TPSA) is 83.0 Å². The number of para-hydroxylation sites is 1. The summed E-state index contributed by atoms with van der Waals surface area (Å²) in [4.78, 5) is 13.0. The molecule has 0 N–H and O–H groups in total. The highest BCUT2D eigenvalue weighted by atomic mass is 32.1. The van der Waals surface area contributed by atoms with Gasteiger partial charge in [0, 0.05) is 6.07 Å². The average molecular weight is 340 g/mol. The van der Waals surface area contributed by atoms with E-state index < -0.39 is 5.97 Å². The van der Waals surface area contributed by atoms with E-state index in [1.165, 1.54) is 4.68 Å². The molecule has 0 aliphatic rings. The molecule has 0 saturated heterocycles. The van der Waals surface area contributed by atoms with Crippen LogP contribution in [0.25, 0.3) is 21.7 Å². The number of carbonyl (C=O) groups is 1. The van der Waals surface area contributed by atoms with Crippen molar-refractivity contribution in [3.8, 4) is 10.6 Å². The van der Waals surface area contributed by atoms with Crippen LogP contribution in [0, 0.1) is 0 Å². The Morgan fingerprint density at radius 3 is 3.04 bits per heavy atom. The summed E-state index contributed by atoms with van der Waals surface area (Å²) in [5, 5.41) is 13.8. The number of hydrogen-bond donors (Lipinski definition) is 0. The summed E-state index contributed by atoms with van der Waals surface area (Å²) in [5.41, 5.74) is 2.09. The summed E-state index contributed by atoms with van der Waals surface area (Å²) in [7, 11) is 0. The van der Waals surface area contributed by atoms with Crippen LogP contribution in [0.5, 0.6) is 0 Å². The zero-order valence-electron chi connectivity index (χ0n) is 12.5. The Hall–Kier alpha value is -3.00. The van der Waals surface area contributed by atoms with Crippen molar-refractivity contribution in [2.24, 2.45) is 0 Å². The molecule has 4 rings (SSSR count). The molecular weight excluding hydrogens is 328 g/mol. The number of aromatic nitrogens is 4. The van der Waals surface area contributed by atoms with Gasteiger partial charge in [0.25, 0.3) is 0 Å². The van der Waals surface area contributed by atoms with Crippen LogP contribution in [0.2, 0.25) is 0 Å². The Morgan fingerprint density at radius 1 is 1.25 bits per heavy atom. The lowest BCUT2D eigenvalue weighted by Gasteiger charge is -2.03. The number of benzene rings is 1. The highest BCUT2D eigenvalue weighted by Crippen LogP contribution is 2.25. The predicted octanol–water partition coefficient (Wildman–Crippen LogP) is 2.89. The van der Waals surface area contributed by atoms with Gasteiger partial charge in [-0.3, -0.25) is 4.79 Å². The van der Waals surface area contributed by atoms with Crippen molar-refractivity contribution < 1.29 is 14.1 Å². The van der Waals surface area contributed by atoms with E-state index in [4.69, 9.17) is 9.26 Å². The number of carbonyl (C=O) groups excluding carboxylic acids is 1. The molecule has 3 aromatic heterocycles. The predicted molar refractivity (Wildman–Crippen MR) is 87.1 cm³/mol. The van der Waals surface area contributed by atoms with Gasteiger partial charge in [-0.05, 0) is 23.6 Å². The van der Waals surface area contributed by atoms with Gasteiger partial charge in [-0.2, -0.15) is 0 Å². The van der Waals surface area contributed by atoms with Gasteiger partial charge in [0.05, 0.1) is 10.4 Å². The van der Waals surface area contributed by atoms with Gasteiger partial charge in [0.15, 0.2) is 5.76 Å². The normalized spacial score (nSPS) is 11.0. The molecular formula is C16H12N4O3S. The Morgan fingerprint density at radius 2 is 2.17 bits per heavy atom. The number of ether oxygens (including phenoxy) is 1. The summed E-state index contributed by atoms with van der Waals surface area (Å²) in [6, 6.07) is 13.1. The summed E-state index contributed by atoms with van der Waals surface area (Å²) in [5.74, 6) is 0.254. The fourth-order valence-electron chi connectivity index (χ4n) is 2.27. The van der Waals surface area contributed by atoms with Crippen LogP contribution in [-0.2, 0) is 22.7 Å². The molecule has 0 amide bonds. The monoisotopic (exact) mass is 340 g/mol. The van der Waals surface area contributed by atoms with Crippen LogP contribution in [0.4, 0.5) is 0 Å². The molecule has 1 aromatic carbocycles. The molecule has 24 heavy (non-hydrogen) atoms. The van der Waals surface area contributed by atoms with Crippen molar-refractivity contribution in [2.75, 3.05) is 0 Å². The van der Waals surface area contributed by atoms with Crippen molar-refractivity contribution >= 4 is 28.3 Å². The van der Waals surface area contributed by atoms with E-state index >= 15 is 0 Å². The lowest BCUT2D eigenvalue weighted by Crippen LogP contribution is -2.14. The second kappa shape index (κ2) is 6.25. The smallest absolute Gasteiger partial charge is 0.328 e. The maximum Gasteiger partial charge on any atom is 0.328 e. The van der Waals surface area contributed by atoms with Gasteiger partial charge >= 0.3 is 5.97 Å². The van der Waals surface area contributed by atoms with Crippen LogP contribution in [0.1, 0.15) is 5.69 Å². The molecule has 120 valence electrons. The van der Waals surface area contributed by atoms with Gasteiger partial charge in [-0.1, -0.05) is 28.6 Å². The standard InChI is InChI=1S/C16H12N4O3S/c21-16(9-20-13-5-2-1-4-12(13)17-19-20)22-10-11-8-14(23-18-11)15-6-3-7-24-15/h1-8H,9-10H2. The van der Waals surface area contributed by atoms with Crippen LogP contribution in [0.3, 0.4) is 0 Å². The first-order valence-electron chi connectivity index (χ1n) is 7.23. The zero-order chi connectivity index (χ0) is 16.4. The summed E-state index contributed by atoms with van der Waals surface area (Å²) < 4.78 is 12.0. The number of hydrogen-bond acceptors (Lipinski definition) is 7. The van der Waals surface area contributed by atoms with Crippen molar-refractivity contribution in [1.29, 1.82) is 0 Å². The van der Waals surface area contributed by atoms with E-state index in [2.05, 4.69) is 15.5 Å².